The molecule has 1 rings (SSSR count). The summed E-state index contributed by atoms with van der Waals surface area (Å²) in [5.41, 5.74) is 5.28. The van der Waals surface area contributed by atoms with E-state index in [9.17, 15) is 5.11 Å². The van der Waals surface area contributed by atoms with Crippen molar-refractivity contribution in [2.45, 2.75) is 12.5 Å². The first-order valence-electron chi connectivity index (χ1n) is 3.26. The Morgan fingerprint density at radius 2 is 2.36 bits per heavy atom. The van der Waals surface area contributed by atoms with Gasteiger partial charge in [0.2, 0.25) is 0 Å². The third-order valence-electron chi connectivity index (χ3n) is 1.31. The molecule has 0 amide bonds. The third-order valence-corrected chi connectivity index (χ3v) is 2.29. The van der Waals surface area contributed by atoms with Gasteiger partial charge in [0.1, 0.15) is 0 Å². The van der Waals surface area contributed by atoms with Crippen molar-refractivity contribution < 1.29 is 5.11 Å². The first-order chi connectivity index (χ1) is 4.84. The summed E-state index contributed by atoms with van der Waals surface area (Å²) < 4.78 is 0. The lowest BCUT2D eigenvalue weighted by atomic mass is 10.2. The van der Waals surface area contributed by atoms with Crippen molar-refractivity contribution in [2.24, 2.45) is 5.73 Å². The van der Waals surface area contributed by atoms with Gasteiger partial charge in [0.15, 0.2) is 0 Å². The zero-order valence-corrected chi connectivity index (χ0v) is 7.70. The Balaban J connectivity index is 0.000001000. The minimum Gasteiger partial charge on any atom is -0.388 e. The molecule has 0 spiro atoms. The van der Waals surface area contributed by atoms with Crippen LogP contribution in [0.4, 0.5) is 0 Å². The predicted molar refractivity (Wildman–Crippen MR) is 50.2 cm³/mol. The highest BCUT2D eigenvalue weighted by molar-refractivity contribution is 7.10. The molecule has 3 N–H and O–H groups in total. The molecular formula is C7H12ClNOS. The summed E-state index contributed by atoms with van der Waals surface area (Å²) in [5, 5.41) is 11.3. The van der Waals surface area contributed by atoms with Crippen LogP contribution in [0.25, 0.3) is 0 Å². The van der Waals surface area contributed by atoms with Crippen LogP contribution in [0.5, 0.6) is 0 Å². The average Bonchev–Trinajstić information content (AvgIpc) is 2.38. The molecule has 0 bridgehead atoms. The molecule has 0 aliphatic rings. The smallest absolute Gasteiger partial charge is 0.0894 e. The predicted octanol–water partition coefficient (Wildman–Crippen LogP) is 1.55. The van der Waals surface area contributed by atoms with E-state index in [0.29, 0.717) is 13.0 Å². The van der Waals surface area contributed by atoms with Gasteiger partial charge in [0.05, 0.1) is 6.10 Å². The van der Waals surface area contributed by atoms with Crippen LogP contribution in [-0.4, -0.2) is 11.7 Å². The minimum absolute atomic E-state index is 0. The molecule has 0 radical (unpaired) electrons. The van der Waals surface area contributed by atoms with E-state index >= 15 is 0 Å². The molecule has 0 aromatic carbocycles. The van der Waals surface area contributed by atoms with Crippen LogP contribution in [0, 0.1) is 0 Å². The fourth-order valence-electron chi connectivity index (χ4n) is 0.781. The Morgan fingerprint density at radius 3 is 2.82 bits per heavy atom. The molecule has 64 valence electrons. The molecule has 11 heavy (non-hydrogen) atoms. The van der Waals surface area contributed by atoms with Gasteiger partial charge in [-0.2, -0.15) is 0 Å². The number of aliphatic hydroxyl groups is 1. The Kier molecular flexibility index (Phi) is 5.50. The van der Waals surface area contributed by atoms with Gasteiger partial charge in [-0.15, -0.1) is 23.7 Å². The van der Waals surface area contributed by atoms with Crippen molar-refractivity contribution in [3.05, 3.63) is 22.4 Å². The minimum atomic E-state index is -0.356. The lowest BCUT2D eigenvalue weighted by Gasteiger charge is -2.04. The van der Waals surface area contributed by atoms with Crippen LogP contribution in [-0.2, 0) is 0 Å². The lowest BCUT2D eigenvalue weighted by molar-refractivity contribution is 0.174. The molecule has 4 heteroatoms. The summed E-state index contributed by atoms with van der Waals surface area (Å²) in [6.07, 6.45) is 0.297. The van der Waals surface area contributed by atoms with Crippen molar-refractivity contribution >= 4 is 23.7 Å². The fourth-order valence-corrected chi connectivity index (χ4v) is 1.53. The second kappa shape index (κ2) is 5.55. The van der Waals surface area contributed by atoms with Gasteiger partial charge in [-0.25, -0.2) is 0 Å². The number of thiophene rings is 1. The summed E-state index contributed by atoms with van der Waals surface area (Å²) in [4.78, 5) is 1.01. The Hall–Kier alpha value is -0.0900. The van der Waals surface area contributed by atoms with Crippen LogP contribution in [0.3, 0.4) is 0 Å². The molecular weight excluding hydrogens is 182 g/mol. The summed E-state index contributed by atoms with van der Waals surface area (Å²) in [7, 11) is 0. The second-order valence-electron chi connectivity index (χ2n) is 2.11. The van der Waals surface area contributed by atoms with E-state index in [0.717, 1.165) is 4.88 Å². The van der Waals surface area contributed by atoms with Crippen LogP contribution >= 0.6 is 23.7 Å². The van der Waals surface area contributed by atoms with Gasteiger partial charge in [-0.1, -0.05) is 6.07 Å². The molecule has 0 saturated heterocycles. The first-order valence-corrected chi connectivity index (χ1v) is 4.14. The van der Waals surface area contributed by atoms with E-state index in [1.807, 2.05) is 17.5 Å². The zero-order valence-electron chi connectivity index (χ0n) is 6.06. The SMILES string of the molecule is Cl.NCC[C@H](O)c1cccs1. The Labute approximate surface area is 76.5 Å². The zero-order chi connectivity index (χ0) is 7.40. The van der Waals surface area contributed by atoms with Crippen LogP contribution in [0.2, 0.25) is 0 Å². The Morgan fingerprint density at radius 1 is 1.64 bits per heavy atom. The quantitative estimate of drug-likeness (QED) is 0.766. The number of hydrogen-bond acceptors (Lipinski definition) is 3. The normalized spacial score (nSPS) is 12.2. The monoisotopic (exact) mass is 193 g/mol. The summed E-state index contributed by atoms with van der Waals surface area (Å²) >= 11 is 1.57. The molecule has 0 aliphatic carbocycles. The number of aliphatic hydroxyl groups excluding tert-OH is 1. The standard InChI is InChI=1S/C7H11NOS.ClH/c8-4-3-6(9)7-2-1-5-10-7;/h1-2,5-6,9H,3-4,8H2;1H/t6-;/m0./s1. The second-order valence-corrected chi connectivity index (χ2v) is 3.09. The molecule has 1 aromatic heterocycles. The van der Waals surface area contributed by atoms with Crippen molar-refractivity contribution in [3.8, 4) is 0 Å². The summed E-state index contributed by atoms with van der Waals surface area (Å²) in [5.74, 6) is 0. The van der Waals surface area contributed by atoms with Gasteiger partial charge >= 0.3 is 0 Å². The molecule has 0 fully saturated rings. The number of hydrogen-bond donors (Lipinski definition) is 2. The van der Waals surface area contributed by atoms with Crippen molar-refractivity contribution in [1.29, 1.82) is 0 Å². The van der Waals surface area contributed by atoms with Crippen LogP contribution in [0.15, 0.2) is 17.5 Å². The van der Waals surface area contributed by atoms with E-state index < -0.39 is 0 Å². The van der Waals surface area contributed by atoms with Crippen molar-refractivity contribution in [3.63, 3.8) is 0 Å². The maximum absolute atomic E-state index is 9.34. The molecule has 0 unspecified atom stereocenters. The lowest BCUT2D eigenvalue weighted by Crippen LogP contribution is -2.05. The van der Waals surface area contributed by atoms with E-state index in [1.54, 1.807) is 11.3 Å². The van der Waals surface area contributed by atoms with E-state index in [2.05, 4.69) is 0 Å². The molecule has 0 aliphatic heterocycles. The molecule has 1 aromatic rings. The van der Waals surface area contributed by atoms with Gasteiger partial charge in [-0.3, -0.25) is 0 Å². The Bertz CT molecular complexity index is 179. The maximum Gasteiger partial charge on any atom is 0.0894 e. The van der Waals surface area contributed by atoms with Gasteiger partial charge in [0, 0.05) is 4.88 Å². The van der Waals surface area contributed by atoms with Crippen molar-refractivity contribution in [1.82, 2.24) is 0 Å². The van der Waals surface area contributed by atoms with E-state index in [1.165, 1.54) is 0 Å². The van der Waals surface area contributed by atoms with Crippen molar-refractivity contribution in [2.75, 3.05) is 6.54 Å². The molecule has 2 nitrogen and oxygen atoms in total. The highest BCUT2D eigenvalue weighted by Crippen LogP contribution is 2.20. The molecule has 0 saturated carbocycles. The maximum atomic E-state index is 9.34. The van der Waals surface area contributed by atoms with Gasteiger partial charge in [0.25, 0.3) is 0 Å². The van der Waals surface area contributed by atoms with Crippen LogP contribution < -0.4 is 5.73 Å². The van der Waals surface area contributed by atoms with E-state index in [-0.39, 0.29) is 18.5 Å². The summed E-state index contributed by atoms with van der Waals surface area (Å²) in [6, 6.07) is 3.85. The summed E-state index contributed by atoms with van der Waals surface area (Å²) in [6.45, 7) is 0.541. The topological polar surface area (TPSA) is 46.2 Å². The number of nitrogens with two attached hydrogens (primary N) is 1. The average molecular weight is 194 g/mol. The molecule has 1 atom stereocenters. The number of rotatable bonds is 3. The largest absolute Gasteiger partial charge is 0.388 e. The first kappa shape index (κ1) is 10.9. The molecule has 1 heterocycles. The van der Waals surface area contributed by atoms with Gasteiger partial charge < -0.3 is 10.8 Å². The highest BCUT2D eigenvalue weighted by atomic mass is 35.5. The fraction of sp³-hybridized carbons (Fsp3) is 0.429. The number of halogens is 1. The van der Waals surface area contributed by atoms with E-state index in [4.69, 9.17) is 5.73 Å². The van der Waals surface area contributed by atoms with Gasteiger partial charge in [-0.05, 0) is 24.4 Å². The third kappa shape index (κ3) is 3.20. The van der Waals surface area contributed by atoms with Crippen LogP contribution in [0.1, 0.15) is 17.4 Å². The highest BCUT2D eigenvalue weighted by Gasteiger charge is 2.05.